The number of pyridine rings is 1. The first-order valence-electron chi connectivity index (χ1n) is 7.01. The SMILES string of the molecule is NC(CC1CCSCC1)c1cccc2ncccc12. The second kappa shape index (κ2) is 5.93. The molecule has 1 unspecified atom stereocenters. The van der Waals surface area contributed by atoms with Crippen LogP contribution in [0.25, 0.3) is 10.9 Å². The number of benzene rings is 1. The van der Waals surface area contributed by atoms with E-state index < -0.39 is 0 Å². The van der Waals surface area contributed by atoms with Crippen LogP contribution in [0.4, 0.5) is 0 Å². The number of fused-ring (bicyclic) bond motifs is 1. The van der Waals surface area contributed by atoms with Gasteiger partial charge in [0.15, 0.2) is 0 Å². The molecule has 100 valence electrons. The van der Waals surface area contributed by atoms with E-state index in [1.807, 2.05) is 12.3 Å². The van der Waals surface area contributed by atoms with Crippen LogP contribution < -0.4 is 5.73 Å². The summed E-state index contributed by atoms with van der Waals surface area (Å²) in [5, 5.41) is 1.21. The second-order valence-corrected chi connectivity index (χ2v) is 6.54. The van der Waals surface area contributed by atoms with Crippen LogP contribution in [0, 0.1) is 5.92 Å². The number of aromatic nitrogens is 1. The van der Waals surface area contributed by atoms with Crippen LogP contribution in [-0.4, -0.2) is 16.5 Å². The van der Waals surface area contributed by atoms with Gasteiger partial charge < -0.3 is 5.73 Å². The van der Waals surface area contributed by atoms with Crippen molar-refractivity contribution in [3.8, 4) is 0 Å². The van der Waals surface area contributed by atoms with Crippen molar-refractivity contribution in [2.75, 3.05) is 11.5 Å². The molecule has 1 aliphatic heterocycles. The van der Waals surface area contributed by atoms with Gasteiger partial charge in [0.05, 0.1) is 5.52 Å². The molecule has 1 fully saturated rings. The molecule has 0 saturated carbocycles. The maximum Gasteiger partial charge on any atom is 0.0705 e. The molecule has 2 heterocycles. The zero-order valence-electron chi connectivity index (χ0n) is 11.1. The molecule has 3 heteroatoms. The second-order valence-electron chi connectivity index (χ2n) is 5.32. The van der Waals surface area contributed by atoms with Crippen LogP contribution in [0.1, 0.15) is 30.9 Å². The minimum Gasteiger partial charge on any atom is -0.324 e. The molecule has 0 aliphatic carbocycles. The monoisotopic (exact) mass is 272 g/mol. The van der Waals surface area contributed by atoms with Crippen molar-refractivity contribution in [2.45, 2.75) is 25.3 Å². The molecular weight excluding hydrogens is 252 g/mol. The molecule has 0 spiro atoms. The van der Waals surface area contributed by atoms with Crippen molar-refractivity contribution in [1.82, 2.24) is 4.98 Å². The molecule has 1 atom stereocenters. The molecule has 1 aromatic heterocycles. The Morgan fingerprint density at radius 3 is 2.89 bits per heavy atom. The molecule has 2 aromatic rings. The first-order chi connectivity index (χ1) is 9.34. The Labute approximate surface area is 118 Å². The number of hydrogen-bond donors (Lipinski definition) is 1. The first kappa shape index (κ1) is 12.9. The average Bonchev–Trinajstić information content (AvgIpc) is 2.47. The smallest absolute Gasteiger partial charge is 0.0705 e. The van der Waals surface area contributed by atoms with Crippen molar-refractivity contribution >= 4 is 22.7 Å². The molecule has 0 amide bonds. The summed E-state index contributed by atoms with van der Waals surface area (Å²) < 4.78 is 0. The van der Waals surface area contributed by atoms with Crippen LogP contribution >= 0.6 is 11.8 Å². The number of rotatable bonds is 3. The highest BCUT2D eigenvalue weighted by molar-refractivity contribution is 7.99. The van der Waals surface area contributed by atoms with Gasteiger partial charge in [0.1, 0.15) is 0 Å². The zero-order chi connectivity index (χ0) is 13.1. The van der Waals surface area contributed by atoms with Gasteiger partial charge in [-0.15, -0.1) is 0 Å². The Morgan fingerprint density at radius 2 is 2.05 bits per heavy atom. The van der Waals surface area contributed by atoms with E-state index in [4.69, 9.17) is 5.73 Å². The highest BCUT2D eigenvalue weighted by Crippen LogP contribution is 2.32. The van der Waals surface area contributed by atoms with Crippen LogP contribution in [0.5, 0.6) is 0 Å². The molecule has 1 saturated heterocycles. The van der Waals surface area contributed by atoms with Gasteiger partial charge in [0, 0.05) is 17.6 Å². The van der Waals surface area contributed by atoms with E-state index in [1.54, 1.807) is 0 Å². The number of nitrogens with two attached hydrogens (primary N) is 1. The summed E-state index contributed by atoms with van der Waals surface area (Å²) in [6.07, 6.45) is 5.59. The number of nitrogens with zero attached hydrogens (tertiary/aromatic N) is 1. The summed E-state index contributed by atoms with van der Waals surface area (Å²) in [5.41, 5.74) is 8.76. The largest absolute Gasteiger partial charge is 0.324 e. The van der Waals surface area contributed by atoms with Gasteiger partial charge in [0.25, 0.3) is 0 Å². The van der Waals surface area contributed by atoms with Crippen LogP contribution in [0.2, 0.25) is 0 Å². The van der Waals surface area contributed by atoms with Crippen LogP contribution in [0.3, 0.4) is 0 Å². The molecule has 1 aromatic carbocycles. The van der Waals surface area contributed by atoms with E-state index in [2.05, 4.69) is 41.0 Å². The van der Waals surface area contributed by atoms with Gasteiger partial charge in [0.2, 0.25) is 0 Å². The number of thioether (sulfide) groups is 1. The maximum atomic E-state index is 6.46. The summed E-state index contributed by atoms with van der Waals surface area (Å²) in [7, 11) is 0. The predicted octanol–water partition coefficient (Wildman–Crippen LogP) is 3.77. The minimum absolute atomic E-state index is 0.140. The fourth-order valence-corrected chi connectivity index (χ4v) is 4.12. The molecule has 19 heavy (non-hydrogen) atoms. The lowest BCUT2D eigenvalue weighted by Gasteiger charge is -2.25. The van der Waals surface area contributed by atoms with E-state index in [9.17, 15) is 0 Å². The van der Waals surface area contributed by atoms with Gasteiger partial charge in [-0.2, -0.15) is 11.8 Å². The lowest BCUT2D eigenvalue weighted by Crippen LogP contribution is -2.19. The van der Waals surface area contributed by atoms with E-state index in [0.29, 0.717) is 0 Å². The fourth-order valence-electron chi connectivity index (χ4n) is 2.92. The Balaban J connectivity index is 1.82. The van der Waals surface area contributed by atoms with E-state index in [0.717, 1.165) is 17.9 Å². The molecule has 1 aliphatic rings. The van der Waals surface area contributed by atoms with E-state index >= 15 is 0 Å². The standard InChI is InChI=1S/C16H20N2S/c17-15(11-12-6-9-19-10-7-12)13-3-1-5-16-14(13)4-2-8-18-16/h1-5,8,12,15H,6-7,9-11,17H2. The van der Waals surface area contributed by atoms with E-state index in [-0.39, 0.29) is 6.04 Å². The third kappa shape index (κ3) is 2.93. The molecule has 3 rings (SSSR count). The average molecular weight is 272 g/mol. The van der Waals surface area contributed by atoms with Crippen molar-refractivity contribution in [2.24, 2.45) is 11.7 Å². The Hall–Kier alpha value is -1.06. The Morgan fingerprint density at radius 1 is 1.21 bits per heavy atom. The molecule has 0 bridgehead atoms. The van der Waals surface area contributed by atoms with E-state index in [1.165, 1.54) is 35.3 Å². The summed E-state index contributed by atoms with van der Waals surface area (Å²) in [6.45, 7) is 0. The Kier molecular flexibility index (Phi) is 4.04. The van der Waals surface area contributed by atoms with Crippen molar-refractivity contribution in [3.63, 3.8) is 0 Å². The molecule has 0 radical (unpaired) electrons. The van der Waals surface area contributed by atoms with Gasteiger partial charge in [-0.25, -0.2) is 0 Å². The topological polar surface area (TPSA) is 38.9 Å². The summed E-state index contributed by atoms with van der Waals surface area (Å²) in [6, 6.07) is 10.6. The first-order valence-corrected chi connectivity index (χ1v) is 8.17. The van der Waals surface area contributed by atoms with Gasteiger partial charge in [-0.05, 0) is 54.4 Å². The van der Waals surface area contributed by atoms with Gasteiger partial charge in [-0.1, -0.05) is 18.2 Å². The Bertz CT molecular complexity index is 544. The third-order valence-corrected chi connectivity index (χ3v) is 5.06. The summed E-state index contributed by atoms with van der Waals surface area (Å²) in [4.78, 5) is 4.41. The quantitative estimate of drug-likeness (QED) is 0.924. The number of hydrogen-bond acceptors (Lipinski definition) is 3. The molecular formula is C16H20N2S. The van der Waals surface area contributed by atoms with Crippen molar-refractivity contribution in [3.05, 3.63) is 42.1 Å². The fraction of sp³-hybridized carbons (Fsp3) is 0.438. The van der Waals surface area contributed by atoms with Crippen molar-refractivity contribution < 1.29 is 0 Å². The van der Waals surface area contributed by atoms with Crippen LogP contribution in [0.15, 0.2) is 36.5 Å². The molecule has 2 nitrogen and oxygen atoms in total. The minimum atomic E-state index is 0.140. The van der Waals surface area contributed by atoms with Crippen molar-refractivity contribution in [1.29, 1.82) is 0 Å². The zero-order valence-corrected chi connectivity index (χ0v) is 11.9. The predicted molar refractivity (Wildman–Crippen MR) is 83.3 cm³/mol. The lowest BCUT2D eigenvalue weighted by molar-refractivity contribution is 0.414. The van der Waals surface area contributed by atoms with Gasteiger partial charge >= 0.3 is 0 Å². The third-order valence-electron chi connectivity index (χ3n) is 4.01. The maximum absolute atomic E-state index is 6.46. The summed E-state index contributed by atoms with van der Waals surface area (Å²) >= 11 is 2.07. The lowest BCUT2D eigenvalue weighted by atomic mass is 9.90. The van der Waals surface area contributed by atoms with Crippen LogP contribution in [-0.2, 0) is 0 Å². The molecule has 2 N–H and O–H groups in total. The highest BCUT2D eigenvalue weighted by Gasteiger charge is 2.19. The highest BCUT2D eigenvalue weighted by atomic mass is 32.2. The summed E-state index contributed by atoms with van der Waals surface area (Å²) in [5.74, 6) is 3.39. The van der Waals surface area contributed by atoms with Gasteiger partial charge in [-0.3, -0.25) is 4.98 Å². The normalized spacial score (nSPS) is 18.6.